The number of rotatable bonds is 1. The van der Waals surface area contributed by atoms with E-state index in [0.29, 0.717) is 5.92 Å². The maximum atomic E-state index is 12.5. The molecule has 0 unspecified atom stereocenters. The fourth-order valence-electron chi connectivity index (χ4n) is 3.46. The van der Waals surface area contributed by atoms with Gasteiger partial charge in [0, 0.05) is 37.7 Å². The maximum absolute atomic E-state index is 12.5. The molecule has 0 spiro atoms. The van der Waals surface area contributed by atoms with E-state index in [4.69, 9.17) is 4.74 Å². The highest BCUT2D eigenvalue weighted by Crippen LogP contribution is 2.26. The smallest absolute Gasteiger partial charge is 0.249 e. The highest BCUT2D eigenvalue weighted by atomic mass is 16.5. The van der Waals surface area contributed by atoms with Crippen LogP contribution in [0.4, 0.5) is 0 Å². The molecule has 0 saturated carbocycles. The van der Waals surface area contributed by atoms with E-state index >= 15 is 0 Å². The number of allylic oxidation sites excluding steroid dienone is 1. The zero-order valence-electron chi connectivity index (χ0n) is 11.8. The van der Waals surface area contributed by atoms with Crippen LogP contribution in [0.5, 0.6) is 0 Å². The molecule has 0 radical (unpaired) electrons. The van der Waals surface area contributed by atoms with Crippen molar-refractivity contribution in [2.24, 2.45) is 5.92 Å². The van der Waals surface area contributed by atoms with E-state index < -0.39 is 0 Å². The first kappa shape index (κ1) is 13.1. The molecule has 1 aliphatic carbocycles. The Balaban J connectivity index is 1.64. The first-order chi connectivity index (χ1) is 9.24. The Morgan fingerprint density at radius 1 is 1.32 bits per heavy atom. The standard InChI is InChI=1S/C15H24N2O2/c1-16-7-8-19-14-11-17(10-13(14)9-16)15(18)12-5-3-2-4-6-12/h5,13-14H,2-4,6-11H2,1H3/t13-,14+/m0/s1. The number of amides is 1. The summed E-state index contributed by atoms with van der Waals surface area (Å²) in [4.78, 5) is 16.8. The van der Waals surface area contributed by atoms with Crippen molar-refractivity contribution in [1.29, 1.82) is 0 Å². The first-order valence-electron chi connectivity index (χ1n) is 7.52. The average molecular weight is 264 g/mol. The molecule has 0 aromatic heterocycles. The van der Waals surface area contributed by atoms with Crippen LogP contribution in [0.2, 0.25) is 0 Å². The van der Waals surface area contributed by atoms with Gasteiger partial charge in [-0.1, -0.05) is 6.08 Å². The fourth-order valence-corrected chi connectivity index (χ4v) is 3.46. The van der Waals surface area contributed by atoms with Crippen molar-refractivity contribution in [3.8, 4) is 0 Å². The zero-order valence-corrected chi connectivity index (χ0v) is 11.8. The Kier molecular flexibility index (Phi) is 3.89. The molecule has 2 atom stereocenters. The van der Waals surface area contributed by atoms with Gasteiger partial charge in [0.25, 0.3) is 0 Å². The summed E-state index contributed by atoms with van der Waals surface area (Å²) in [7, 11) is 2.14. The summed E-state index contributed by atoms with van der Waals surface area (Å²) >= 11 is 0. The molecule has 2 aliphatic heterocycles. The quantitative estimate of drug-likeness (QED) is 0.715. The fraction of sp³-hybridized carbons (Fsp3) is 0.800. The molecule has 3 aliphatic rings. The molecule has 19 heavy (non-hydrogen) atoms. The van der Waals surface area contributed by atoms with Crippen molar-refractivity contribution >= 4 is 5.91 Å². The highest BCUT2D eigenvalue weighted by molar-refractivity contribution is 5.93. The highest BCUT2D eigenvalue weighted by Gasteiger charge is 2.38. The molecule has 3 rings (SSSR count). The molecule has 4 nitrogen and oxygen atoms in total. The van der Waals surface area contributed by atoms with Gasteiger partial charge in [0.1, 0.15) is 0 Å². The van der Waals surface area contributed by atoms with Gasteiger partial charge in [0.05, 0.1) is 12.7 Å². The van der Waals surface area contributed by atoms with Gasteiger partial charge in [0.15, 0.2) is 0 Å². The van der Waals surface area contributed by atoms with Crippen LogP contribution >= 0.6 is 0 Å². The topological polar surface area (TPSA) is 32.8 Å². The van der Waals surface area contributed by atoms with Gasteiger partial charge in [-0.2, -0.15) is 0 Å². The number of hydrogen-bond donors (Lipinski definition) is 0. The Morgan fingerprint density at radius 3 is 3.00 bits per heavy atom. The number of fused-ring (bicyclic) bond motifs is 1. The maximum Gasteiger partial charge on any atom is 0.249 e. The minimum absolute atomic E-state index is 0.248. The average Bonchev–Trinajstić information content (AvgIpc) is 2.74. The van der Waals surface area contributed by atoms with Crippen LogP contribution in [0.15, 0.2) is 11.6 Å². The van der Waals surface area contributed by atoms with E-state index in [1.807, 2.05) is 4.90 Å². The van der Waals surface area contributed by atoms with Gasteiger partial charge in [0.2, 0.25) is 5.91 Å². The monoisotopic (exact) mass is 264 g/mol. The summed E-state index contributed by atoms with van der Waals surface area (Å²) < 4.78 is 5.91. The van der Waals surface area contributed by atoms with Crippen LogP contribution in [-0.4, -0.2) is 61.6 Å². The number of carbonyl (C=O) groups is 1. The second-order valence-electron chi connectivity index (χ2n) is 6.12. The molecule has 2 heterocycles. The molecule has 0 bridgehead atoms. The van der Waals surface area contributed by atoms with E-state index in [2.05, 4.69) is 18.0 Å². The normalized spacial score (nSPS) is 32.7. The van der Waals surface area contributed by atoms with Crippen molar-refractivity contribution in [2.75, 3.05) is 39.8 Å². The zero-order chi connectivity index (χ0) is 13.2. The Hall–Kier alpha value is -0.870. The van der Waals surface area contributed by atoms with E-state index in [-0.39, 0.29) is 12.0 Å². The van der Waals surface area contributed by atoms with Crippen molar-refractivity contribution in [3.05, 3.63) is 11.6 Å². The molecule has 2 saturated heterocycles. The van der Waals surface area contributed by atoms with E-state index in [9.17, 15) is 4.79 Å². The summed E-state index contributed by atoms with van der Waals surface area (Å²) in [5, 5.41) is 0. The van der Waals surface area contributed by atoms with E-state index in [1.165, 1.54) is 6.42 Å². The lowest BCUT2D eigenvalue weighted by atomic mass is 9.99. The minimum atomic E-state index is 0.248. The molecule has 0 aromatic carbocycles. The molecular formula is C15H24N2O2. The molecule has 106 valence electrons. The van der Waals surface area contributed by atoms with E-state index in [0.717, 1.165) is 57.6 Å². The van der Waals surface area contributed by atoms with Gasteiger partial charge in [-0.3, -0.25) is 4.79 Å². The number of likely N-dealkylation sites (tertiary alicyclic amines) is 1. The summed E-state index contributed by atoms with van der Waals surface area (Å²) in [6.45, 7) is 4.50. The number of ether oxygens (including phenoxy) is 1. The largest absolute Gasteiger partial charge is 0.375 e. The van der Waals surface area contributed by atoms with Gasteiger partial charge in [-0.25, -0.2) is 0 Å². The molecule has 0 N–H and O–H groups in total. The number of likely N-dealkylation sites (N-methyl/N-ethyl adjacent to an activating group) is 1. The van der Waals surface area contributed by atoms with Gasteiger partial charge in [-0.05, 0) is 32.7 Å². The number of nitrogens with zero attached hydrogens (tertiary/aromatic N) is 2. The van der Waals surface area contributed by atoms with Crippen LogP contribution < -0.4 is 0 Å². The Morgan fingerprint density at radius 2 is 2.21 bits per heavy atom. The molecule has 4 heteroatoms. The van der Waals surface area contributed by atoms with Crippen LogP contribution in [0.3, 0.4) is 0 Å². The molecule has 2 fully saturated rings. The van der Waals surface area contributed by atoms with E-state index in [1.54, 1.807) is 0 Å². The third kappa shape index (κ3) is 2.84. The first-order valence-corrected chi connectivity index (χ1v) is 7.52. The SMILES string of the molecule is CN1CCO[C@@H]2CN(C(=O)C3=CCCCC3)C[C@@H]2C1. The van der Waals surface area contributed by atoms with Gasteiger partial charge < -0.3 is 14.5 Å². The lowest BCUT2D eigenvalue weighted by molar-refractivity contribution is -0.127. The second kappa shape index (κ2) is 5.63. The van der Waals surface area contributed by atoms with Gasteiger partial charge in [-0.15, -0.1) is 0 Å². The Bertz CT molecular complexity index is 380. The van der Waals surface area contributed by atoms with Crippen molar-refractivity contribution < 1.29 is 9.53 Å². The molecule has 0 aromatic rings. The van der Waals surface area contributed by atoms with Crippen LogP contribution in [-0.2, 0) is 9.53 Å². The summed E-state index contributed by atoms with van der Waals surface area (Å²) in [5.74, 6) is 0.750. The van der Waals surface area contributed by atoms with Crippen LogP contribution in [0.1, 0.15) is 25.7 Å². The van der Waals surface area contributed by atoms with Crippen molar-refractivity contribution in [2.45, 2.75) is 31.8 Å². The lowest BCUT2D eigenvalue weighted by Gasteiger charge is -2.21. The third-order valence-electron chi connectivity index (χ3n) is 4.59. The molecule has 1 amide bonds. The summed E-state index contributed by atoms with van der Waals surface area (Å²) in [6.07, 6.45) is 6.82. The third-order valence-corrected chi connectivity index (χ3v) is 4.59. The lowest BCUT2D eigenvalue weighted by Crippen LogP contribution is -2.33. The van der Waals surface area contributed by atoms with Crippen LogP contribution in [0.25, 0.3) is 0 Å². The Labute approximate surface area is 115 Å². The van der Waals surface area contributed by atoms with Crippen molar-refractivity contribution in [1.82, 2.24) is 9.80 Å². The van der Waals surface area contributed by atoms with Crippen molar-refractivity contribution in [3.63, 3.8) is 0 Å². The number of carbonyl (C=O) groups excluding carboxylic acids is 1. The predicted molar refractivity (Wildman–Crippen MR) is 73.9 cm³/mol. The van der Waals surface area contributed by atoms with Gasteiger partial charge >= 0.3 is 0 Å². The minimum Gasteiger partial charge on any atom is -0.375 e. The molecular weight excluding hydrogens is 240 g/mol. The summed E-state index contributed by atoms with van der Waals surface area (Å²) in [6, 6.07) is 0. The second-order valence-corrected chi connectivity index (χ2v) is 6.12. The number of hydrogen-bond acceptors (Lipinski definition) is 3. The predicted octanol–water partition coefficient (Wildman–Crippen LogP) is 1.28. The van der Waals surface area contributed by atoms with Crippen LogP contribution in [0, 0.1) is 5.92 Å². The summed E-state index contributed by atoms with van der Waals surface area (Å²) in [5.41, 5.74) is 1.04.